The van der Waals surface area contributed by atoms with Crippen molar-refractivity contribution in [2.45, 2.75) is 46.1 Å². The van der Waals surface area contributed by atoms with Crippen LogP contribution in [-0.2, 0) is 17.6 Å². The number of rotatable bonds is 6. The average molecular weight is 517 g/mol. The van der Waals surface area contributed by atoms with Gasteiger partial charge in [0.15, 0.2) is 0 Å². The maximum Gasteiger partial charge on any atom is 0.263 e. The van der Waals surface area contributed by atoms with Crippen LogP contribution in [0.5, 0.6) is 5.75 Å². The summed E-state index contributed by atoms with van der Waals surface area (Å²) in [5.41, 5.74) is 4.20. The van der Waals surface area contributed by atoms with Crippen LogP contribution in [0.2, 0.25) is 0 Å². The first-order valence-electron chi connectivity index (χ1n) is 10.7. The maximum atomic E-state index is 13.2. The number of halogens is 1. The largest absolute Gasteiger partial charge is 0.493 e. The quantitative estimate of drug-likeness (QED) is 0.387. The number of nitrogens with one attached hydrogen (secondary N) is 1. The van der Waals surface area contributed by atoms with Crippen LogP contribution in [-0.4, -0.2) is 28.3 Å². The Kier molecular flexibility index (Phi) is 6.76. The Labute approximate surface area is 198 Å². The van der Waals surface area contributed by atoms with Crippen LogP contribution in [0, 0.1) is 5.92 Å². The molecular weight excluding hydrogens is 492 g/mol. The number of hydrogen-bond acceptors (Lipinski definition) is 6. The Morgan fingerprint density at radius 3 is 3.09 bits per heavy atom. The minimum atomic E-state index is -0.747. The van der Waals surface area contributed by atoms with Crippen molar-refractivity contribution in [1.82, 2.24) is 15.0 Å². The number of hydrogen-bond donors (Lipinski definition) is 1. The van der Waals surface area contributed by atoms with E-state index in [-0.39, 0.29) is 5.56 Å². The molecule has 0 saturated heterocycles. The molecule has 32 heavy (non-hydrogen) atoms. The lowest BCUT2D eigenvalue weighted by atomic mass is 9.89. The van der Waals surface area contributed by atoms with Crippen LogP contribution in [0.15, 0.2) is 38.9 Å². The Hall–Kier alpha value is -2.52. The molecule has 0 aliphatic heterocycles. The highest BCUT2D eigenvalue weighted by Gasteiger charge is 2.25. The fraction of sp³-hybridized carbons (Fsp3) is 0.391. The van der Waals surface area contributed by atoms with Gasteiger partial charge in [-0.25, -0.2) is 10.4 Å². The molecule has 9 heteroatoms. The number of fused-ring (bicyclic) bond motifs is 3. The number of carbonyl (C=O) groups is 1. The summed E-state index contributed by atoms with van der Waals surface area (Å²) in [4.78, 5) is 32.4. The van der Waals surface area contributed by atoms with Gasteiger partial charge in [-0.15, -0.1) is 11.3 Å². The van der Waals surface area contributed by atoms with Gasteiger partial charge in [0.2, 0.25) is 0 Å². The zero-order valence-corrected chi connectivity index (χ0v) is 20.6. The van der Waals surface area contributed by atoms with Crippen LogP contribution in [0.4, 0.5) is 0 Å². The minimum absolute atomic E-state index is 0.167. The zero-order valence-electron chi connectivity index (χ0n) is 18.2. The lowest BCUT2D eigenvalue weighted by molar-refractivity contribution is -0.123. The van der Waals surface area contributed by atoms with E-state index in [0.29, 0.717) is 23.7 Å². The number of nitrogens with zero attached hydrogens (tertiary/aromatic N) is 3. The van der Waals surface area contributed by atoms with Crippen LogP contribution < -0.4 is 15.7 Å². The highest BCUT2D eigenvalue weighted by atomic mass is 79.9. The Balaban J connectivity index is 1.55. The van der Waals surface area contributed by atoms with E-state index in [9.17, 15) is 9.59 Å². The van der Waals surface area contributed by atoms with Gasteiger partial charge in [0.05, 0.1) is 24.5 Å². The lowest BCUT2D eigenvalue weighted by Crippen LogP contribution is -2.34. The van der Waals surface area contributed by atoms with Crippen LogP contribution in [0.1, 0.15) is 49.2 Å². The molecule has 1 aliphatic carbocycles. The number of thiophene rings is 1. The molecule has 7 nitrogen and oxygen atoms in total. The zero-order chi connectivity index (χ0) is 22.8. The van der Waals surface area contributed by atoms with Gasteiger partial charge in [0.25, 0.3) is 11.5 Å². The molecule has 1 N–H and O–H groups in total. The second-order valence-corrected chi connectivity index (χ2v) is 10.0. The molecule has 0 bridgehead atoms. The van der Waals surface area contributed by atoms with E-state index < -0.39 is 11.9 Å². The van der Waals surface area contributed by atoms with Crippen molar-refractivity contribution in [2.75, 3.05) is 6.61 Å². The third kappa shape index (κ3) is 4.49. The summed E-state index contributed by atoms with van der Waals surface area (Å²) in [7, 11) is 0. The van der Waals surface area contributed by atoms with Gasteiger partial charge >= 0.3 is 0 Å². The highest BCUT2D eigenvalue weighted by molar-refractivity contribution is 9.10. The van der Waals surface area contributed by atoms with Gasteiger partial charge in [0, 0.05) is 14.9 Å². The summed E-state index contributed by atoms with van der Waals surface area (Å²) in [6.45, 7) is 6.33. The fourth-order valence-electron chi connectivity index (χ4n) is 3.91. The van der Waals surface area contributed by atoms with Gasteiger partial charge in [-0.05, 0) is 62.8 Å². The van der Waals surface area contributed by atoms with Crippen molar-refractivity contribution < 1.29 is 9.53 Å². The van der Waals surface area contributed by atoms with E-state index in [4.69, 9.17) is 4.74 Å². The first kappa shape index (κ1) is 22.7. The summed E-state index contributed by atoms with van der Waals surface area (Å²) in [6, 6.07) is 4.82. The molecule has 1 amide bonds. The average Bonchev–Trinajstić information content (AvgIpc) is 3.13. The third-order valence-corrected chi connectivity index (χ3v) is 7.34. The molecule has 0 spiro atoms. The van der Waals surface area contributed by atoms with E-state index in [2.05, 4.69) is 38.4 Å². The van der Waals surface area contributed by atoms with Crippen molar-refractivity contribution in [3.8, 4) is 5.75 Å². The number of carbonyl (C=O) groups excluding carboxylic acids is 1. The number of ether oxygens (including phenoxy) is 1. The van der Waals surface area contributed by atoms with Crippen molar-refractivity contribution in [3.05, 3.63) is 55.4 Å². The molecule has 1 aliphatic rings. The maximum absolute atomic E-state index is 13.2. The molecule has 0 saturated carbocycles. The van der Waals surface area contributed by atoms with Crippen molar-refractivity contribution in [1.29, 1.82) is 0 Å². The first-order chi connectivity index (χ1) is 15.4. The van der Waals surface area contributed by atoms with Crippen LogP contribution in [0.3, 0.4) is 0 Å². The van der Waals surface area contributed by atoms with Gasteiger partial charge in [-0.3, -0.25) is 14.2 Å². The molecule has 168 valence electrons. The Bertz CT molecular complexity index is 1250. The first-order valence-corrected chi connectivity index (χ1v) is 12.3. The van der Waals surface area contributed by atoms with Crippen LogP contribution in [0.25, 0.3) is 10.2 Å². The summed E-state index contributed by atoms with van der Waals surface area (Å²) in [6.07, 6.45) is 5.93. The number of aryl methyl sites for hydroxylation is 1. The molecule has 0 unspecified atom stereocenters. The summed E-state index contributed by atoms with van der Waals surface area (Å²) < 4.78 is 7.86. The second kappa shape index (κ2) is 9.54. The third-order valence-electron chi connectivity index (χ3n) is 5.69. The lowest BCUT2D eigenvalue weighted by Gasteiger charge is -2.18. The fourth-order valence-corrected chi connectivity index (χ4v) is 5.63. The van der Waals surface area contributed by atoms with Crippen molar-refractivity contribution in [2.24, 2.45) is 11.0 Å². The number of amides is 1. The minimum Gasteiger partial charge on any atom is -0.493 e. The molecular formula is C23H25BrN4O3S. The van der Waals surface area contributed by atoms with E-state index in [1.807, 2.05) is 25.1 Å². The van der Waals surface area contributed by atoms with Gasteiger partial charge < -0.3 is 4.74 Å². The molecule has 2 heterocycles. The van der Waals surface area contributed by atoms with Gasteiger partial charge in [0.1, 0.15) is 16.6 Å². The van der Waals surface area contributed by atoms with E-state index in [1.54, 1.807) is 18.3 Å². The van der Waals surface area contributed by atoms with Crippen molar-refractivity contribution in [3.63, 3.8) is 0 Å². The number of benzene rings is 1. The predicted octanol–water partition coefficient (Wildman–Crippen LogP) is 4.46. The standard InChI is InChI=1S/C23H25BrN4O3S/c1-4-31-18-8-6-16(24)10-15(18)11-26-27-21(29)14(3)28-12-25-22-20(23(28)30)17-7-5-13(2)9-19(17)32-22/h6,8,10-14H,4-5,7,9H2,1-3H3,(H,27,29)/b26-11-/t13-,14-/m0/s1. The van der Waals surface area contributed by atoms with Crippen molar-refractivity contribution >= 4 is 49.6 Å². The molecule has 0 radical (unpaired) electrons. The van der Waals surface area contributed by atoms with Gasteiger partial charge in [-0.1, -0.05) is 22.9 Å². The smallest absolute Gasteiger partial charge is 0.263 e. The van der Waals surface area contributed by atoms with Gasteiger partial charge in [-0.2, -0.15) is 5.10 Å². The Morgan fingerprint density at radius 1 is 1.50 bits per heavy atom. The monoisotopic (exact) mass is 516 g/mol. The number of aromatic nitrogens is 2. The van der Waals surface area contributed by atoms with E-state index >= 15 is 0 Å². The number of hydrazone groups is 1. The predicted molar refractivity (Wildman–Crippen MR) is 131 cm³/mol. The molecule has 2 aromatic heterocycles. The normalized spacial score (nSPS) is 16.8. The molecule has 1 aromatic carbocycles. The molecule has 2 atom stereocenters. The Morgan fingerprint density at radius 2 is 2.31 bits per heavy atom. The molecule has 3 aromatic rings. The highest BCUT2D eigenvalue weighted by Crippen LogP contribution is 2.35. The summed E-state index contributed by atoms with van der Waals surface area (Å²) >= 11 is 5.03. The van der Waals surface area contributed by atoms with E-state index in [0.717, 1.165) is 39.7 Å². The topological polar surface area (TPSA) is 85.6 Å². The summed E-state index contributed by atoms with van der Waals surface area (Å²) in [5, 5.41) is 4.74. The summed E-state index contributed by atoms with van der Waals surface area (Å²) in [5.74, 6) is 0.896. The SMILES string of the molecule is CCOc1ccc(Br)cc1/C=N\NC(=O)[C@H](C)n1cnc2sc3c(c2c1=O)CC[C@H](C)C3. The molecule has 0 fully saturated rings. The van der Waals surface area contributed by atoms with Crippen LogP contribution >= 0.6 is 27.3 Å². The van der Waals surface area contributed by atoms with E-state index in [1.165, 1.54) is 22.0 Å². The molecule has 4 rings (SSSR count). The second-order valence-electron chi connectivity index (χ2n) is 8.01.